The van der Waals surface area contributed by atoms with E-state index >= 15 is 0 Å². The maximum Gasteiger partial charge on any atom is 0.229 e. The summed E-state index contributed by atoms with van der Waals surface area (Å²) in [7, 11) is 3.78. The van der Waals surface area contributed by atoms with Gasteiger partial charge in [-0.05, 0) is 43.1 Å². The van der Waals surface area contributed by atoms with Gasteiger partial charge < -0.3 is 25.0 Å². The second-order valence-electron chi connectivity index (χ2n) is 8.95. The highest BCUT2D eigenvalue weighted by atomic mass is 16.5. The summed E-state index contributed by atoms with van der Waals surface area (Å²) in [4.78, 5) is 25.1. The zero-order valence-electron chi connectivity index (χ0n) is 19.2. The molecule has 2 aliphatic rings. The number of nitrogens with zero attached hydrogens (tertiary/aromatic N) is 6. The predicted octanol–water partition coefficient (Wildman–Crippen LogP) is 1.55. The molecule has 10 heteroatoms. The van der Waals surface area contributed by atoms with E-state index in [0.29, 0.717) is 31.1 Å². The number of fused-ring (bicyclic) bond motifs is 2. The Morgan fingerprint density at radius 3 is 2.94 bits per heavy atom. The maximum atomic E-state index is 12.0. The highest BCUT2D eigenvalue weighted by Gasteiger charge is 2.33. The van der Waals surface area contributed by atoms with E-state index in [0.717, 1.165) is 36.3 Å². The van der Waals surface area contributed by atoms with Crippen LogP contribution in [0.2, 0.25) is 0 Å². The van der Waals surface area contributed by atoms with E-state index < -0.39 is 6.10 Å². The number of aliphatic hydroxyl groups is 1. The van der Waals surface area contributed by atoms with E-state index in [9.17, 15) is 9.90 Å². The molecule has 1 saturated heterocycles. The fourth-order valence-electron chi connectivity index (χ4n) is 4.83. The van der Waals surface area contributed by atoms with Gasteiger partial charge in [0.25, 0.3) is 0 Å². The van der Waals surface area contributed by atoms with Gasteiger partial charge in [0.05, 0.1) is 43.1 Å². The number of methoxy groups -OCH3 is 1. The summed E-state index contributed by atoms with van der Waals surface area (Å²) < 4.78 is 7.41. The van der Waals surface area contributed by atoms with Crippen molar-refractivity contribution in [3.05, 3.63) is 35.7 Å². The molecule has 2 N–H and O–H groups in total. The molecule has 1 fully saturated rings. The Morgan fingerprint density at radius 2 is 2.15 bits per heavy atom. The average Bonchev–Trinajstić information content (AvgIpc) is 3.36. The zero-order chi connectivity index (χ0) is 23.1. The zero-order valence-corrected chi connectivity index (χ0v) is 19.2. The summed E-state index contributed by atoms with van der Waals surface area (Å²) in [5.74, 6) is 1.16. The van der Waals surface area contributed by atoms with Crippen molar-refractivity contribution < 1.29 is 14.6 Å². The van der Waals surface area contributed by atoms with Gasteiger partial charge in [0.2, 0.25) is 11.9 Å². The number of aromatic nitrogens is 4. The van der Waals surface area contributed by atoms with E-state index in [2.05, 4.69) is 39.5 Å². The quantitative estimate of drug-likeness (QED) is 0.602. The topological polar surface area (TPSA) is 109 Å². The van der Waals surface area contributed by atoms with Crippen molar-refractivity contribution in [3.8, 4) is 5.75 Å². The number of carbonyl (C=O) groups is 1. The Balaban J connectivity index is 1.42. The molecule has 0 spiro atoms. The van der Waals surface area contributed by atoms with Crippen LogP contribution in [-0.4, -0.2) is 80.0 Å². The number of β-amino-alcohol motifs (C(OH)–C–C–N with tert-alkyl or cyclic N) is 1. The van der Waals surface area contributed by atoms with Gasteiger partial charge in [-0.3, -0.25) is 4.79 Å². The number of amides is 1. The smallest absolute Gasteiger partial charge is 0.229 e. The van der Waals surface area contributed by atoms with Crippen molar-refractivity contribution in [2.45, 2.75) is 45.0 Å². The third kappa shape index (κ3) is 4.23. The Kier molecular flexibility index (Phi) is 5.63. The minimum Gasteiger partial charge on any atom is -0.495 e. The first-order chi connectivity index (χ1) is 15.9. The molecular weight excluding hydrogens is 422 g/mol. The molecule has 0 saturated carbocycles. The second-order valence-corrected chi connectivity index (χ2v) is 8.95. The first kappa shape index (κ1) is 21.6. The lowest BCUT2D eigenvalue weighted by molar-refractivity contribution is -0.130. The highest BCUT2D eigenvalue weighted by molar-refractivity contribution is 5.76. The van der Waals surface area contributed by atoms with Crippen LogP contribution < -0.4 is 10.1 Å². The Morgan fingerprint density at radius 1 is 1.30 bits per heavy atom. The Hall–Kier alpha value is -3.24. The van der Waals surface area contributed by atoms with Gasteiger partial charge >= 0.3 is 0 Å². The third-order valence-corrected chi connectivity index (χ3v) is 6.53. The molecule has 2 aromatic heterocycles. The molecule has 174 valence electrons. The summed E-state index contributed by atoms with van der Waals surface area (Å²) in [6.45, 7) is 4.27. The molecule has 33 heavy (non-hydrogen) atoms. The first-order valence-corrected chi connectivity index (χ1v) is 11.2. The molecule has 1 amide bonds. The molecular formula is C23H29N7O3. The van der Waals surface area contributed by atoms with Gasteiger partial charge in [-0.2, -0.15) is 10.1 Å². The molecule has 1 aromatic carbocycles. The molecule has 2 aliphatic heterocycles. The van der Waals surface area contributed by atoms with Gasteiger partial charge in [0, 0.05) is 32.8 Å². The number of likely N-dealkylation sites (N-methyl/N-ethyl adjacent to an activating group) is 1. The largest absolute Gasteiger partial charge is 0.495 e. The molecule has 0 unspecified atom stereocenters. The fourth-order valence-corrected chi connectivity index (χ4v) is 4.83. The standard InChI is InChI=1S/C23H29N7O3/c1-14(31)29-13-19(32)8-18(29)12-30-22-17(10-25-30)9-24-23(27-22)26-20-6-16-11-28(2)5-4-15(16)7-21(20)33-3/h6-7,9-10,18-19,32H,4-5,8,11-13H2,1-3H3,(H,24,26,27)/t18-,19+/m0/s1. The number of ether oxygens (including phenoxy) is 1. The van der Waals surface area contributed by atoms with Gasteiger partial charge in [-0.25, -0.2) is 9.67 Å². The lowest BCUT2D eigenvalue weighted by Crippen LogP contribution is -2.37. The fraction of sp³-hybridized carbons (Fsp3) is 0.478. The molecule has 5 rings (SSSR count). The van der Waals surface area contributed by atoms with Crippen molar-refractivity contribution in [2.75, 3.05) is 32.6 Å². The van der Waals surface area contributed by atoms with Crippen LogP contribution in [0.4, 0.5) is 11.6 Å². The highest BCUT2D eigenvalue weighted by Crippen LogP contribution is 2.33. The number of aliphatic hydroxyl groups excluding tert-OH is 1. The summed E-state index contributed by atoms with van der Waals surface area (Å²) in [6.07, 6.45) is 4.47. The molecule has 0 radical (unpaired) electrons. The molecule has 3 aromatic rings. The SMILES string of the molecule is COc1cc2c(cc1Nc1ncc3cnn(C[C@@H]4C[C@@H](O)CN4C(C)=O)c3n1)CN(C)CC2. The summed E-state index contributed by atoms with van der Waals surface area (Å²) in [6, 6.07) is 4.08. The van der Waals surface area contributed by atoms with Gasteiger partial charge in [0.1, 0.15) is 5.75 Å². The van der Waals surface area contributed by atoms with E-state index in [4.69, 9.17) is 9.72 Å². The predicted molar refractivity (Wildman–Crippen MR) is 123 cm³/mol. The summed E-state index contributed by atoms with van der Waals surface area (Å²) in [5.41, 5.74) is 4.06. The van der Waals surface area contributed by atoms with Crippen LogP contribution in [0.1, 0.15) is 24.5 Å². The van der Waals surface area contributed by atoms with E-state index in [1.165, 1.54) is 18.1 Å². The number of anilines is 2. The lowest BCUT2D eigenvalue weighted by Gasteiger charge is -2.26. The maximum absolute atomic E-state index is 12.0. The van der Waals surface area contributed by atoms with Crippen molar-refractivity contribution >= 4 is 28.6 Å². The lowest BCUT2D eigenvalue weighted by atomic mass is 9.99. The molecule has 10 nitrogen and oxygen atoms in total. The number of likely N-dealkylation sites (tertiary alicyclic amines) is 1. The van der Waals surface area contributed by atoms with Crippen molar-refractivity contribution in [2.24, 2.45) is 0 Å². The third-order valence-electron chi connectivity index (χ3n) is 6.53. The first-order valence-electron chi connectivity index (χ1n) is 11.2. The van der Waals surface area contributed by atoms with Gasteiger partial charge in [-0.1, -0.05) is 0 Å². The molecule has 0 bridgehead atoms. The van der Waals surface area contributed by atoms with Crippen LogP contribution in [0.5, 0.6) is 5.75 Å². The van der Waals surface area contributed by atoms with E-state index in [-0.39, 0.29) is 11.9 Å². The molecule has 0 aliphatic carbocycles. The number of rotatable bonds is 5. The molecule has 4 heterocycles. The normalized spacial score (nSPS) is 20.8. The van der Waals surface area contributed by atoms with Gasteiger partial charge in [0.15, 0.2) is 5.65 Å². The van der Waals surface area contributed by atoms with Crippen LogP contribution in [-0.2, 0) is 24.3 Å². The minimum atomic E-state index is -0.511. The number of nitrogens with one attached hydrogen (secondary N) is 1. The Labute approximate surface area is 192 Å². The number of hydrogen-bond acceptors (Lipinski definition) is 8. The minimum absolute atomic E-state index is 0.0462. The van der Waals surface area contributed by atoms with E-state index in [1.54, 1.807) is 29.1 Å². The average molecular weight is 452 g/mol. The van der Waals surface area contributed by atoms with Crippen molar-refractivity contribution in [3.63, 3.8) is 0 Å². The summed E-state index contributed by atoms with van der Waals surface area (Å²) >= 11 is 0. The number of benzene rings is 1. The second kappa shape index (κ2) is 8.60. The number of carbonyl (C=O) groups excluding carboxylic acids is 1. The van der Waals surface area contributed by atoms with Crippen LogP contribution in [0, 0.1) is 0 Å². The van der Waals surface area contributed by atoms with E-state index in [1.807, 2.05) is 0 Å². The van der Waals surface area contributed by atoms with Crippen LogP contribution in [0.3, 0.4) is 0 Å². The number of hydrogen-bond donors (Lipinski definition) is 2. The summed E-state index contributed by atoms with van der Waals surface area (Å²) in [5, 5.41) is 18.6. The van der Waals surface area contributed by atoms with Crippen molar-refractivity contribution in [1.82, 2.24) is 29.5 Å². The molecule has 2 atom stereocenters. The van der Waals surface area contributed by atoms with Gasteiger partial charge in [-0.15, -0.1) is 0 Å². The van der Waals surface area contributed by atoms with Crippen molar-refractivity contribution in [1.29, 1.82) is 0 Å². The van der Waals surface area contributed by atoms with Crippen LogP contribution >= 0.6 is 0 Å². The van der Waals surface area contributed by atoms with Crippen LogP contribution in [0.15, 0.2) is 24.5 Å². The monoisotopic (exact) mass is 451 g/mol. The van der Waals surface area contributed by atoms with Crippen LogP contribution in [0.25, 0.3) is 11.0 Å². The Bertz CT molecular complexity index is 1190.